The fraction of sp³-hybridized carbons (Fsp3) is 0.538. The lowest BCUT2D eigenvalue weighted by atomic mass is 10.1. The average molecular weight is 222 g/mol. The Morgan fingerprint density at radius 2 is 2.06 bits per heavy atom. The number of nitrogens with zero attached hydrogens (tertiary/aromatic N) is 1. The highest BCUT2D eigenvalue weighted by Crippen LogP contribution is 2.18. The van der Waals surface area contributed by atoms with Gasteiger partial charge in [-0.2, -0.15) is 0 Å². The van der Waals surface area contributed by atoms with Gasteiger partial charge in [0.1, 0.15) is 0 Å². The van der Waals surface area contributed by atoms with E-state index in [0.29, 0.717) is 12.6 Å². The van der Waals surface area contributed by atoms with Crippen LogP contribution in [0.25, 0.3) is 0 Å². The first kappa shape index (κ1) is 13.0. The standard InChI is InChI=1S/C13H22N2O/c1-10(2)15(7-8-16)9-12-5-4-6-13(14)11(12)3/h4-6,10,16H,7-9,14H2,1-3H3. The highest BCUT2D eigenvalue weighted by Gasteiger charge is 2.11. The van der Waals surface area contributed by atoms with Crippen LogP contribution in [-0.4, -0.2) is 29.2 Å². The van der Waals surface area contributed by atoms with Gasteiger partial charge in [-0.3, -0.25) is 4.90 Å². The van der Waals surface area contributed by atoms with Crippen LogP contribution in [0.15, 0.2) is 18.2 Å². The molecule has 3 nitrogen and oxygen atoms in total. The minimum atomic E-state index is 0.194. The summed E-state index contributed by atoms with van der Waals surface area (Å²) in [6, 6.07) is 6.42. The molecule has 3 N–H and O–H groups in total. The summed E-state index contributed by atoms with van der Waals surface area (Å²) in [5, 5.41) is 9.02. The largest absolute Gasteiger partial charge is 0.399 e. The predicted octanol–water partition coefficient (Wildman–Crippen LogP) is 1.78. The molecule has 1 aromatic carbocycles. The Morgan fingerprint density at radius 1 is 1.38 bits per heavy atom. The van der Waals surface area contributed by atoms with E-state index in [4.69, 9.17) is 10.8 Å². The predicted molar refractivity (Wildman–Crippen MR) is 68.2 cm³/mol. The van der Waals surface area contributed by atoms with Crippen molar-refractivity contribution in [3.05, 3.63) is 29.3 Å². The van der Waals surface area contributed by atoms with Gasteiger partial charge < -0.3 is 10.8 Å². The van der Waals surface area contributed by atoms with Crippen LogP contribution in [0.3, 0.4) is 0 Å². The van der Waals surface area contributed by atoms with E-state index < -0.39 is 0 Å². The zero-order valence-electron chi connectivity index (χ0n) is 10.4. The molecule has 0 fully saturated rings. The monoisotopic (exact) mass is 222 g/mol. The fourth-order valence-electron chi connectivity index (χ4n) is 1.74. The third kappa shape index (κ3) is 3.22. The molecular weight excluding hydrogens is 200 g/mol. The van der Waals surface area contributed by atoms with Crippen LogP contribution in [0.4, 0.5) is 5.69 Å². The Morgan fingerprint density at radius 3 is 2.62 bits per heavy atom. The zero-order chi connectivity index (χ0) is 12.1. The second-order valence-electron chi connectivity index (χ2n) is 4.42. The van der Waals surface area contributed by atoms with E-state index in [1.807, 2.05) is 19.1 Å². The first-order valence-electron chi connectivity index (χ1n) is 5.75. The molecule has 0 spiro atoms. The van der Waals surface area contributed by atoms with Gasteiger partial charge in [0.2, 0.25) is 0 Å². The second-order valence-corrected chi connectivity index (χ2v) is 4.42. The molecule has 0 bridgehead atoms. The molecule has 0 saturated heterocycles. The molecule has 0 aromatic heterocycles. The maximum absolute atomic E-state index is 9.02. The summed E-state index contributed by atoms with van der Waals surface area (Å²) in [5.74, 6) is 0. The Balaban J connectivity index is 2.81. The van der Waals surface area contributed by atoms with Crippen molar-refractivity contribution < 1.29 is 5.11 Å². The third-order valence-electron chi connectivity index (χ3n) is 2.98. The van der Waals surface area contributed by atoms with Gasteiger partial charge in [0.15, 0.2) is 0 Å². The fourth-order valence-corrected chi connectivity index (χ4v) is 1.74. The summed E-state index contributed by atoms with van der Waals surface area (Å²) >= 11 is 0. The van der Waals surface area contributed by atoms with E-state index in [1.165, 1.54) is 5.56 Å². The molecule has 90 valence electrons. The molecule has 0 aliphatic carbocycles. The van der Waals surface area contributed by atoms with Crippen molar-refractivity contribution in [2.24, 2.45) is 0 Å². The number of benzene rings is 1. The van der Waals surface area contributed by atoms with Crippen molar-refractivity contribution in [1.29, 1.82) is 0 Å². The molecule has 0 heterocycles. The van der Waals surface area contributed by atoms with E-state index in [0.717, 1.165) is 17.8 Å². The summed E-state index contributed by atoms with van der Waals surface area (Å²) in [6.07, 6.45) is 0. The van der Waals surface area contributed by atoms with Crippen LogP contribution in [0, 0.1) is 6.92 Å². The number of aliphatic hydroxyl groups is 1. The molecule has 0 aliphatic rings. The number of hydrogen-bond acceptors (Lipinski definition) is 3. The van der Waals surface area contributed by atoms with Crippen LogP contribution in [0.5, 0.6) is 0 Å². The second kappa shape index (κ2) is 5.87. The molecule has 0 radical (unpaired) electrons. The Labute approximate surface area is 97.9 Å². The summed E-state index contributed by atoms with van der Waals surface area (Å²) in [7, 11) is 0. The summed E-state index contributed by atoms with van der Waals surface area (Å²) in [4.78, 5) is 2.24. The highest BCUT2D eigenvalue weighted by molar-refractivity contribution is 5.49. The molecular formula is C13H22N2O. The summed E-state index contributed by atoms with van der Waals surface area (Å²) in [5.41, 5.74) is 9.10. The van der Waals surface area contributed by atoms with E-state index in [2.05, 4.69) is 24.8 Å². The molecule has 0 amide bonds. The van der Waals surface area contributed by atoms with Gasteiger partial charge in [0, 0.05) is 24.8 Å². The number of aliphatic hydroxyl groups excluding tert-OH is 1. The number of hydrogen-bond donors (Lipinski definition) is 2. The first-order chi connectivity index (χ1) is 7.56. The van der Waals surface area contributed by atoms with Crippen molar-refractivity contribution in [3.63, 3.8) is 0 Å². The molecule has 0 atom stereocenters. The van der Waals surface area contributed by atoms with E-state index in [-0.39, 0.29) is 6.61 Å². The van der Waals surface area contributed by atoms with Crippen molar-refractivity contribution >= 4 is 5.69 Å². The lowest BCUT2D eigenvalue weighted by molar-refractivity contribution is 0.159. The lowest BCUT2D eigenvalue weighted by Gasteiger charge is -2.26. The van der Waals surface area contributed by atoms with E-state index in [9.17, 15) is 0 Å². The van der Waals surface area contributed by atoms with Gasteiger partial charge in [0.25, 0.3) is 0 Å². The van der Waals surface area contributed by atoms with Gasteiger partial charge in [-0.05, 0) is 38.0 Å². The molecule has 3 heteroatoms. The smallest absolute Gasteiger partial charge is 0.0558 e. The molecule has 0 aliphatic heterocycles. The van der Waals surface area contributed by atoms with Gasteiger partial charge in [0.05, 0.1) is 6.61 Å². The van der Waals surface area contributed by atoms with Crippen molar-refractivity contribution in [3.8, 4) is 0 Å². The summed E-state index contributed by atoms with van der Waals surface area (Å²) < 4.78 is 0. The van der Waals surface area contributed by atoms with E-state index >= 15 is 0 Å². The summed E-state index contributed by atoms with van der Waals surface area (Å²) in [6.45, 7) is 8.05. The van der Waals surface area contributed by atoms with Crippen molar-refractivity contribution in [2.75, 3.05) is 18.9 Å². The average Bonchev–Trinajstić information content (AvgIpc) is 2.23. The van der Waals surface area contributed by atoms with Crippen LogP contribution in [-0.2, 0) is 6.54 Å². The van der Waals surface area contributed by atoms with Crippen LogP contribution in [0.2, 0.25) is 0 Å². The maximum atomic E-state index is 9.02. The van der Waals surface area contributed by atoms with Crippen molar-refractivity contribution in [1.82, 2.24) is 4.90 Å². The number of anilines is 1. The Hall–Kier alpha value is -1.06. The van der Waals surface area contributed by atoms with Crippen LogP contribution in [0.1, 0.15) is 25.0 Å². The number of nitrogens with two attached hydrogens (primary N) is 1. The highest BCUT2D eigenvalue weighted by atomic mass is 16.3. The number of nitrogen functional groups attached to an aromatic ring is 1. The SMILES string of the molecule is Cc1c(N)cccc1CN(CCO)C(C)C. The van der Waals surface area contributed by atoms with E-state index in [1.54, 1.807) is 0 Å². The molecule has 0 saturated carbocycles. The Bertz CT molecular complexity index is 337. The molecule has 0 unspecified atom stereocenters. The molecule has 1 aromatic rings. The number of rotatable bonds is 5. The molecule has 1 rings (SSSR count). The first-order valence-corrected chi connectivity index (χ1v) is 5.75. The van der Waals surface area contributed by atoms with Gasteiger partial charge >= 0.3 is 0 Å². The third-order valence-corrected chi connectivity index (χ3v) is 2.98. The minimum absolute atomic E-state index is 0.194. The van der Waals surface area contributed by atoms with Crippen LogP contribution < -0.4 is 5.73 Å². The van der Waals surface area contributed by atoms with Gasteiger partial charge in [-0.1, -0.05) is 12.1 Å². The minimum Gasteiger partial charge on any atom is -0.399 e. The van der Waals surface area contributed by atoms with Gasteiger partial charge in [-0.25, -0.2) is 0 Å². The van der Waals surface area contributed by atoms with Crippen LogP contribution >= 0.6 is 0 Å². The van der Waals surface area contributed by atoms with Gasteiger partial charge in [-0.15, -0.1) is 0 Å². The zero-order valence-corrected chi connectivity index (χ0v) is 10.4. The van der Waals surface area contributed by atoms with Crippen molar-refractivity contribution in [2.45, 2.75) is 33.4 Å². The lowest BCUT2D eigenvalue weighted by Crippen LogP contribution is -2.33. The quantitative estimate of drug-likeness (QED) is 0.747. The normalized spacial score (nSPS) is 11.4. The topological polar surface area (TPSA) is 49.5 Å². The maximum Gasteiger partial charge on any atom is 0.0558 e. The Kier molecular flexibility index (Phi) is 4.77. The molecule has 16 heavy (non-hydrogen) atoms.